The highest BCUT2D eigenvalue weighted by Gasteiger charge is 2.25. The van der Waals surface area contributed by atoms with E-state index in [1.165, 1.54) is 0 Å². The lowest BCUT2D eigenvalue weighted by atomic mass is 9.88. The van der Waals surface area contributed by atoms with Crippen molar-refractivity contribution in [3.8, 4) is 0 Å². The van der Waals surface area contributed by atoms with Crippen molar-refractivity contribution >= 4 is 40.8 Å². The van der Waals surface area contributed by atoms with E-state index in [2.05, 4.69) is 46.6 Å². The lowest BCUT2D eigenvalue weighted by molar-refractivity contribution is 0.242. The lowest BCUT2D eigenvalue weighted by Crippen LogP contribution is -2.36. The van der Waals surface area contributed by atoms with Crippen LogP contribution in [0.2, 0.25) is 0 Å². The van der Waals surface area contributed by atoms with Gasteiger partial charge in [0.25, 0.3) is 0 Å². The van der Waals surface area contributed by atoms with Gasteiger partial charge in [-0.05, 0) is 42.0 Å². The van der Waals surface area contributed by atoms with Crippen LogP contribution >= 0.6 is 23.4 Å². The van der Waals surface area contributed by atoms with E-state index in [9.17, 15) is 9.90 Å². The van der Waals surface area contributed by atoms with Crippen LogP contribution < -0.4 is 10.6 Å². The summed E-state index contributed by atoms with van der Waals surface area (Å²) < 4.78 is 1.90. The molecule has 0 bridgehead atoms. The van der Waals surface area contributed by atoms with Crippen LogP contribution in [0.5, 0.6) is 0 Å². The van der Waals surface area contributed by atoms with Crippen molar-refractivity contribution in [3.05, 3.63) is 88.7 Å². The van der Waals surface area contributed by atoms with Gasteiger partial charge in [-0.3, -0.25) is 9.39 Å². The molecular weight excluding hydrogens is 532 g/mol. The maximum atomic E-state index is 12.7. The van der Waals surface area contributed by atoms with Crippen molar-refractivity contribution in [1.29, 1.82) is 0 Å². The summed E-state index contributed by atoms with van der Waals surface area (Å²) in [4.78, 5) is 19.3. The lowest BCUT2D eigenvalue weighted by Gasteiger charge is -2.23. The first-order valence-electron chi connectivity index (χ1n) is 12.8. The van der Waals surface area contributed by atoms with E-state index in [0.717, 1.165) is 26.8 Å². The maximum absolute atomic E-state index is 12.7. The zero-order valence-electron chi connectivity index (χ0n) is 22.1. The second-order valence-electron chi connectivity index (χ2n) is 10.6. The molecule has 0 fully saturated rings. The van der Waals surface area contributed by atoms with E-state index in [4.69, 9.17) is 11.6 Å². The Morgan fingerprint density at radius 2 is 2.00 bits per heavy atom. The third-order valence-corrected chi connectivity index (χ3v) is 7.94. The second kappa shape index (κ2) is 11.3. The number of fused-ring (bicyclic) bond motifs is 1. The number of hydrogen-bond donors (Lipinski definition) is 3. The molecule has 1 aliphatic carbocycles. The van der Waals surface area contributed by atoms with Crippen LogP contribution in [0, 0.1) is 5.41 Å². The molecule has 3 N–H and O–H groups in total. The molecule has 3 heterocycles. The minimum absolute atomic E-state index is 0.0614. The molecule has 0 saturated carbocycles. The predicted octanol–water partition coefficient (Wildman–Crippen LogP) is 6.51. The van der Waals surface area contributed by atoms with Crippen LogP contribution in [-0.2, 0) is 6.54 Å². The summed E-state index contributed by atoms with van der Waals surface area (Å²) >= 11 is 7.82. The number of hydrogen-bond acceptors (Lipinski definition) is 6. The summed E-state index contributed by atoms with van der Waals surface area (Å²) in [6.07, 6.45) is 8.44. The molecule has 1 aliphatic heterocycles. The zero-order valence-corrected chi connectivity index (χ0v) is 23.7. The summed E-state index contributed by atoms with van der Waals surface area (Å²) in [6, 6.07) is 11.6. The Bertz CT molecular complexity index is 1530. The molecule has 1 aromatic carbocycles. The third kappa shape index (κ3) is 6.37. The number of dihydropyridines is 1. The average Bonchev–Trinajstić information content (AvgIpc) is 3.32. The molecule has 3 aromatic rings. The van der Waals surface area contributed by atoms with Gasteiger partial charge in [-0.2, -0.15) is 0 Å². The average molecular weight is 563 g/mol. The van der Waals surface area contributed by atoms with Crippen LogP contribution in [0.4, 0.5) is 4.79 Å². The van der Waals surface area contributed by atoms with E-state index in [0.29, 0.717) is 42.4 Å². The van der Waals surface area contributed by atoms with Gasteiger partial charge in [0.1, 0.15) is 11.6 Å². The molecule has 8 nitrogen and oxygen atoms in total. The molecule has 39 heavy (non-hydrogen) atoms. The standard InChI is InChI=1S/C29H31ClN6O2S/c1-29(2,3)25-15-20(12-13-31-25)33-28(38)32-16-18-6-4-5-7-24(18)39-21-9-11-26-34-35-27(36(26)17-21)22-14-19(30)8-10-23(22)37/h4-11,15,17,22,37H,12-14,16H2,1-3H3,(H2,32,33,38). The smallest absolute Gasteiger partial charge is 0.319 e. The van der Waals surface area contributed by atoms with Crippen molar-refractivity contribution in [1.82, 2.24) is 25.2 Å². The van der Waals surface area contributed by atoms with E-state index >= 15 is 0 Å². The summed E-state index contributed by atoms with van der Waals surface area (Å²) in [6.45, 7) is 7.41. The van der Waals surface area contributed by atoms with Crippen molar-refractivity contribution < 1.29 is 9.90 Å². The highest BCUT2D eigenvalue weighted by molar-refractivity contribution is 7.99. The number of aliphatic hydroxyl groups is 1. The first-order valence-corrected chi connectivity index (χ1v) is 14.0. The third-order valence-electron chi connectivity index (χ3n) is 6.56. The maximum Gasteiger partial charge on any atom is 0.319 e. The number of nitrogens with zero attached hydrogens (tertiary/aromatic N) is 4. The fourth-order valence-electron chi connectivity index (χ4n) is 4.44. The number of amides is 2. The molecule has 2 aromatic heterocycles. The number of aliphatic hydroxyl groups excluding tert-OH is 1. The van der Waals surface area contributed by atoms with Crippen molar-refractivity contribution in [2.24, 2.45) is 10.4 Å². The van der Waals surface area contributed by atoms with Gasteiger partial charge in [-0.15, -0.1) is 10.2 Å². The van der Waals surface area contributed by atoms with E-state index < -0.39 is 0 Å². The molecular formula is C29H31ClN6O2S. The fraction of sp³-hybridized carbons (Fsp3) is 0.310. The molecule has 0 saturated heterocycles. The molecule has 1 unspecified atom stereocenters. The van der Waals surface area contributed by atoms with Gasteiger partial charge < -0.3 is 15.7 Å². The zero-order chi connectivity index (χ0) is 27.6. The van der Waals surface area contributed by atoms with Gasteiger partial charge in [-0.25, -0.2) is 4.79 Å². The van der Waals surface area contributed by atoms with Gasteiger partial charge in [0.15, 0.2) is 5.65 Å². The molecule has 5 rings (SSSR count). The first kappa shape index (κ1) is 27.0. The summed E-state index contributed by atoms with van der Waals surface area (Å²) in [5.41, 5.74) is 3.50. The highest BCUT2D eigenvalue weighted by Crippen LogP contribution is 2.35. The Hall–Kier alpha value is -3.56. The van der Waals surface area contributed by atoms with Gasteiger partial charge in [0.2, 0.25) is 0 Å². The van der Waals surface area contributed by atoms with Crippen molar-refractivity contribution in [3.63, 3.8) is 0 Å². The van der Waals surface area contributed by atoms with Crippen LogP contribution in [-0.4, -0.2) is 38.0 Å². The van der Waals surface area contributed by atoms with E-state index in [1.54, 1.807) is 23.9 Å². The number of carbonyl (C=O) groups excluding carboxylic acids is 1. The Balaban J connectivity index is 1.28. The Kier molecular flexibility index (Phi) is 7.81. The number of urea groups is 1. The van der Waals surface area contributed by atoms with Gasteiger partial charge in [-0.1, -0.05) is 62.3 Å². The normalized spacial score (nSPS) is 17.7. The van der Waals surface area contributed by atoms with Crippen LogP contribution in [0.1, 0.15) is 50.9 Å². The predicted molar refractivity (Wildman–Crippen MR) is 155 cm³/mol. The quantitative estimate of drug-likeness (QED) is 0.318. The molecule has 2 aliphatic rings. The topological polar surface area (TPSA) is 104 Å². The minimum Gasteiger partial charge on any atom is -0.512 e. The fourth-order valence-corrected chi connectivity index (χ4v) is 5.63. The number of rotatable bonds is 6. The SMILES string of the molecule is CC(C)(C)C1=NCCC(NC(=O)NCc2ccccc2Sc2ccc3nnc(C4CC(Cl)=CC=C4O)n3c2)=C1. The van der Waals surface area contributed by atoms with Gasteiger partial charge in [0.05, 0.1) is 5.92 Å². The number of aliphatic imine (C=N–C) groups is 1. The largest absolute Gasteiger partial charge is 0.512 e. The molecule has 202 valence electrons. The Morgan fingerprint density at radius 3 is 2.82 bits per heavy atom. The monoisotopic (exact) mass is 562 g/mol. The second-order valence-corrected chi connectivity index (χ2v) is 12.2. The number of benzene rings is 1. The Labute approximate surface area is 237 Å². The summed E-state index contributed by atoms with van der Waals surface area (Å²) in [5.74, 6) is 0.501. The van der Waals surface area contributed by atoms with Crippen LogP contribution in [0.15, 0.2) is 92.1 Å². The molecule has 0 radical (unpaired) electrons. The molecule has 2 amide bonds. The number of halogens is 1. The van der Waals surface area contributed by atoms with Gasteiger partial charge in [0, 0.05) is 63.8 Å². The molecule has 10 heteroatoms. The van der Waals surface area contributed by atoms with Crippen molar-refractivity contribution in [2.75, 3.05) is 6.54 Å². The van der Waals surface area contributed by atoms with E-state index in [1.807, 2.05) is 53.1 Å². The molecule has 1 atom stereocenters. The number of carbonyl (C=O) groups is 1. The molecule has 0 spiro atoms. The summed E-state index contributed by atoms with van der Waals surface area (Å²) in [7, 11) is 0. The van der Waals surface area contributed by atoms with Crippen LogP contribution in [0.25, 0.3) is 5.65 Å². The Morgan fingerprint density at radius 1 is 1.18 bits per heavy atom. The van der Waals surface area contributed by atoms with Crippen LogP contribution in [0.3, 0.4) is 0 Å². The van der Waals surface area contributed by atoms with Crippen molar-refractivity contribution in [2.45, 2.75) is 55.9 Å². The number of allylic oxidation sites excluding steroid dienone is 5. The number of nitrogens with one attached hydrogen (secondary N) is 2. The highest BCUT2D eigenvalue weighted by atomic mass is 35.5. The minimum atomic E-state index is -0.349. The summed E-state index contributed by atoms with van der Waals surface area (Å²) in [5, 5.41) is 25.7. The van der Waals surface area contributed by atoms with E-state index in [-0.39, 0.29) is 23.1 Å². The van der Waals surface area contributed by atoms with Gasteiger partial charge >= 0.3 is 6.03 Å². The number of aromatic nitrogens is 3. The number of pyridine rings is 1. The first-order chi connectivity index (χ1) is 18.7.